The normalized spacial score (nSPS) is 9.90. The van der Waals surface area contributed by atoms with Crippen LogP contribution in [0.2, 0.25) is 0 Å². The molecule has 0 unspecified atom stereocenters. The molecule has 1 rings (SSSR count). The summed E-state index contributed by atoms with van der Waals surface area (Å²) >= 11 is 0. The lowest BCUT2D eigenvalue weighted by atomic mass is 10.1. The second-order valence-electron chi connectivity index (χ2n) is 2.39. The van der Waals surface area contributed by atoms with Gasteiger partial charge in [-0.1, -0.05) is 19.1 Å². The van der Waals surface area contributed by atoms with Gasteiger partial charge in [-0.25, -0.2) is 4.39 Å². The summed E-state index contributed by atoms with van der Waals surface area (Å²) in [6, 6.07) is 5.18. The molecule has 0 atom stereocenters. The van der Waals surface area contributed by atoms with Crippen LogP contribution in [0.1, 0.15) is 18.1 Å². The van der Waals surface area contributed by atoms with E-state index in [0.717, 1.165) is 17.5 Å². The van der Waals surface area contributed by atoms with Crippen molar-refractivity contribution in [2.45, 2.75) is 20.3 Å². The molecule has 0 bridgehead atoms. The Kier molecular flexibility index (Phi) is 2.05. The van der Waals surface area contributed by atoms with Gasteiger partial charge in [-0.2, -0.15) is 0 Å². The lowest BCUT2D eigenvalue weighted by Gasteiger charge is -2.01. The molecule has 0 aliphatic carbocycles. The molecular weight excluding hydrogens is 127 g/mol. The monoisotopic (exact) mass is 138 g/mol. The smallest absolute Gasteiger partial charge is 0.126 e. The third kappa shape index (κ3) is 1.18. The minimum absolute atomic E-state index is 0.0810. The number of hydrogen-bond donors (Lipinski definition) is 0. The molecule has 0 spiro atoms. The van der Waals surface area contributed by atoms with Gasteiger partial charge in [0, 0.05) is 0 Å². The Bertz CT molecular complexity index is 208. The number of halogens is 1. The maximum atomic E-state index is 12.9. The molecule has 0 aliphatic heterocycles. The van der Waals surface area contributed by atoms with E-state index >= 15 is 0 Å². The van der Waals surface area contributed by atoms with E-state index in [1.807, 2.05) is 19.9 Å². The Morgan fingerprint density at radius 3 is 2.50 bits per heavy atom. The van der Waals surface area contributed by atoms with Crippen LogP contribution >= 0.6 is 0 Å². The minimum atomic E-state index is -0.0810. The van der Waals surface area contributed by atoms with Crippen LogP contribution in [0.25, 0.3) is 0 Å². The fraction of sp³-hybridized carbons (Fsp3) is 0.333. The predicted octanol–water partition coefficient (Wildman–Crippen LogP) is 2.70. The van der Waals surface area contributed by atoms with Gasteiger partial charge >= 0.3 is 0 Å². The molecule has 0 saturated carbocycles. The van der Waals surface area contributed by atoms with Crippen LogP contribution in [0.3, 0.4) is 0 Å². The van der Waals surface area contributed by atoms with E-state index < -0.39 is 0 Å². The molecule has 1 aromatic rings. The zero-order chi connectivity index (χ0) is 7.56. The van der Waals surface area contributed by atoms with Crippen LogP contribution < -0.4 is 0 Å². The Morgan fingerprint density at radius 1 is 1.40 bits per heavy atom. The molecule has 0 N–H and O–H groups in total. The summed E-state index contributed by atoms with van der Waals surface area (Å²) < 4.78 is 12.9. The number of hydrogen-bond acceptors (Lipinski definition) is 0. The Balaban J connectivity index is 3.17. The van der Waals surface area contributed by atoms with E-state index in [2.05, 4.69) is 0 Å². The lowest BCUT2D eigenvalue weighted by molar-refractivity contribution is 0.610. The van der Waals surface area contributed by atoms with Gasteiger partial charge in [0.15, 0.2) is 0 Å². The SMILES string of the molecule is CCc1c(C)cccc1F. The number of rotatable bonds is 1. The number of benzene rings is 1. The number of aryl methyl sites for hydroxylation is 1. The van der Waals surface area contributed by atoms with Gasteiger partial charge in [-0.05, 0) is 30.5 Å². The summed E-state index contributed by atoms with van der Waals surface area (Å²) in [5.41, 5.74) is 1.88. The third-order valence-electron chi connectivity index (χ3n) is 1.71. The highest BCUT2D eigenvalue weighted by atomic mass is 19.1. The molecule has 0 fully saturated rings. The highest BCUT2D eigenvalue weighted by Gasteiger charge is 2.00. The lowest BCUT2D eigenvalue weighted by Crippen LogP contribution is -1.90. The Hall–Kier alpha value is -0.850. The first kappa shape index (κ1) is 7.26. The molecule has 0 aromatic heterocycles. The zero-order valence-electron chi connectivity index (χ0n) is 6.32. The maximum absolute atomic E-state index is 12.9. The highest BCUT2D eigenvalue weighted by molar-refractivity contribution is 5.26. The van der Waals surface area contributed by atoms with Gasteiger partial charge in [-0.15, -0.1) is 0 Å². The summed E-state index contributed by atoms with van der Waals surface area (Å²) in [7, 11) is 0. The van der Waals surface area contributed by atoms with E-state index in [-0.39, 0.29) is 5.82 Å². The molecule has 0 aliphatic rings. The van der Waals surface area contributed by atoms with E-state index in [4.69, 9.17) is 0 Å². The van der Waals surface area contributed by atoms with E-state index in [1.165, 1.54) is 6.07 Å². The molecule has 1 heteroatoms. The van der Waals surface area contributed by atoms with Crippen molar-refractivity contribution < 1.29 is 4.39 Å². The first-order chi connectivity index (χ1) is 4.75. The molecule has 1 aromatic carbocycles. The first-order valence-electron chi connectivity index (χ1n) is 3.49. The van der Waals surface area contributed by atoms with Crippen molar-refractivity contribution in [1.82, 2.24) is 0 Å². The van der Waals surface area contributed by atoms with E-state index in [0.29, 0.717) is 0 Å². The summed E-state index contributed by atoms with van der Waals surface area (Å²) in [6.45, 7) is 3.90. The molecule has 10 heavy (non-hydrogen) atoms. The molecule has 0 heterocycles. The highest BCUT2D eigenvalue weighted by Crippen LogP contribution is 2.12. The van der Waals surface area contributed by atoms with Crippen LogP contribution in [0.15, 0.2) is 18.2 Å². The van der Waals surface area contributed by atoms with Gasteiger partial charge in [0.05, 0.1) is 0 Å². The minimum Gasteiger partial charge on any atom is -0.207 e. The Labute approximate surface area is 60.7 Å². The average molecular weight is 138 g/mol. The van der Waals surface area contributed by atoms with Crippen LogP contribution in [-0.2, 0) is 6.42 Å². The molecular formula is C9H11F. The fourth-order valence-corrected chi connectivity index (χ4v) is 1.11. The molecule has 0 radical (unpaired) electrons. The van der Waals surface area contributed by atoms with Gasteiger partial charge in [0.25, 0.3) is 0 Å². The van der Waals surface area contributed by atoms with Crippen molar-refractivity contribution in [1.29, 1.82) is 0 Å². The van der Waals surface area contributed by atoms with Crippen molar-refractivity contribution in [3.8, 4) is 0 Å². The average Bonchev–Trinajstić information content (AvgIpc) is 1.88. The molecule has 0 saturated heterocycles. The first-order valence-corrected chi connectivity index (χ1v) is 3.49. The fourth-order valence-electron chi connectivity index (χ4n) is 1.11. The summed E-state index contributed by atoms with van der Waals surface area (Å²) in [5.74, 6) is -0.0810. The standard InChI is InChI=1S/C9H11F/c1-3-8-7(2)5-4-6-9(8)10/h4-6H,3H2,1-2H3. The largest absolute Gasteiger partial charge is 0.207 e. The van der Waals surface area contributed by atoms with E-state index in [1.54, 1.807) is 6.07 Å². The molecule has 54 valence electrons. The summed E-state index contributed by atoms with van der Waals surface area (Å²) in [4.78, 5) is 0. The van der Waals surface area contributed by atoms with Crippen molar-refractivity contribution in [3.05, 3.63) is 35.1 Å². The second-order valence-corrected chi connectivity index (χ2v) is 2.39. The van der Waals surface area contributed by atoms with Gasteiger partial charge in [-0.3, -0.25) is 0 Å². The van der Waals surface area contributed by atoms with Gasteiger partial charge < -0.3 is 0 Å². The third-order valence-corrected chi connectivity index (χ3v) is 1.71. The summed E-state index contributed by atoms with van der Waals surface area (Å²) in [6.07, 6.45) is 0.776. The van der Waals surface area contributed by atoms with Crippen molar-refractivity contribution in [3.63, 3.8) is 0 Å². The van der Waals surface area contributed by atoms with Crippen LogP contribution in [0.4, 0.5) is 4.39 Å². The van der Waals surface area contributed by atoms with E-state index in [9.17, 15) is 4.39 Å². The van der Waals surface area contributed by atoms with Crippen LogP contribution in [0, 0.1) is 12.7 Å². The zero-order valence-corrected chi connectivity index (χ0v) is 6.32. The second kappa shape index (κ2) is 2.82. The quantitative estimate of drug-likeness (QED) is 0.559. The van der Waals surface area contributed by atoms with Crippen LogP contribution in [-0.4, -0.2) is 0 Å². The van der Waals surface area contributed by atoms with Crippen molar-refractivity contribution in [2.24, 2.45) is 0 Å². The van der Waals surface area contributed by atoms with Crippen molar-refractivity contribution in [2.75, 3.05) is 0 Å². The van der Waals surface area contributed by atoms with Gasteiger partial charge in [0.2, 0.25) is 0 Å². The van der Waals surface area contributed by atoms with Gasteiger partial charge in [0.1, 0.15) is 5.82 Å². The summed E-state index contributed by atoms with van der Waals surface area (Å²) in [5, 5.41) is 0. The van der Waals surface area contributed by atoms with Crippen molar-refractivity contribution >= 4 is 0 Å². The Morgan fingerprint density at radius 2 is 2.10 bits per heavy atom. The predicted molar refractivity (Wildman–Crippen MR) is 40.5 cm³/mol. The molecule has 0 amide bonds. The topological polar surface area (TPSA) is 0 Å². The molecule has 0 nitrogen and oxygen atoms in total. The van der Waals surface area contributed by atoms with Crippen LogP contribution in [0.5, 0.6) is 0 Å². The maximum Gasteiger partial charge on any atom is 0.126 e.